The summed E-state index contributed by atoms with van der Waals surface area (Å²) in [6.45, 7) is 15.8. The van der Waals surface area contributed by atoms with Crippen molar-refractivity contribution in [1.82, 2.24) is 5.32 Å². The first kappa shape index (κ1) is 12.0. The summed E-state index contributed by atoms with van der Waals surface area (Å²) in [5, 5.41) is 3.58. The predicted octanol–water partition coefficient (Wildman–Crippen LogP) is 3.20. The fourth-order valence-electron chi connectivity index (χ4n) is 1.71. The SMILES string of the molecule is CC(CC(C)(C)C)NC(C)(C)C. The van der Waals surface area contributed by atoms with E-state index in [9.17, 15) is 0 Å². The standard InChI is InChI=1S/C11H25N/c1-9(8-10(2,3)4)12-11(5,6)7/h9,12H,8H2,1-7H3. The van der Waals surface area contributed by atoms with Crippen molar-refractivity contribution in [3.05, 3.63) is 0 Å². The van der Waals surface area contributed by atoms with Crippen LogP contribution in [0.5, 0.6) is 0 Å². The second-order valence-corrected chi connectivity index (χ2v) is 6.06. The third-order valence-electron chi connectivity index (χ3n) is 1.60. The summed E-state index contributed by atoms with van der Waals surface area (Å²) in [5.74, 6) is 0. The van der Waals surface area contributed by atoms with E-state index in [1.54, 1.807) is 0 Å². The van der Waals surface area contributed by atoms with Crippen molar-refractivity contribution in [2.45, 2.75) is 66.5 Å². The zero-order valence-electron chi connectivity index (χ0n) is 9.78. The molecule has 0 saturated carbocycles. The highest BCUT2D eigenvalue weighted by Gasteiger charge is 2.19. The van der Waals surface area contributed by atoms with E-state index in [1.165, 1.54) is 6.42 Å². The molecule has 0 aliphatic carbocycles. The average Bonchev–Trinajstić information content (AvgIpc) is 1.49. The van der Waals surface area contributed by atoms with Gasteiger partial charge in [0, 0.05) is 11.6 Å². The van der Waals surface area contributed by atoms with Crippen LogP contribution >= 0.6 is 0 Å². The lowest BCUT2D eigenvalue weighted by atomic mass is 9.88. The second kappa shape index (κ2) is 3.78. The van der Waals surface area contributed by atoms with Gasteiger partial charge in [-0.05, 0) is 39.5 Å². The lowest BCUT2D eigenvalue weighted by Crippen LogP contribution is -2.43. The first-order chi connectivity index (χ1) is 5.10. The van der Waals surface area contributed by atoms with Crippen LogP contribution in [0.1, 0.15) is 54.9 Å². The van der Waals surface area contributed by atoms with Gasteiger partial charge in [0.15, 0.2) is 0 Å². The van der Waals surface area contributed by atoms with Crippen molar-refractivity contribution in [3.63, 3.8) is 0 Å². The summed E-state index contributed by atoms with van der Waals surface area (Å²) in [4.78, 5) is 0. The minimum atomic E-state index is 0.241. The average molecular weight is 171 g/mol. The summed E-state index contributed by atoms with van der Waals surface area (Å²) in [5.41, 5.74) is 0.669. The third-order valence-corrected chi connectivity index (χ3v) is 1.60. The maximum absolute atomic E-state index is 3.58. The summed E-state index contributed by atoms with van der Waals surface area (Å²) >= 11 is 0. The molecule has 12 heavy (non-hydrogen) atoms. The molecular weight excluding hydrogens is 146 g/mol. The van der Waals surface area contributed by atoms with E-state index in [1.807, 2.05) is 0 Å². The Hall–Kier alpha value is -0.0400. The summed E-state index contributed by atoms with van der Waals surface area (Å²) < 4.78 is 0. The molecule has 1 heteroatoms. The van der Waals surface area contributed by atoms with Gasteiger partial charge in [0.05, 0.1) is 0 Å². The van der Waals surface area contributed by atoms with Crippen LogP contribution in [-0.2, 0) is 0 Å². The fraction of sp³-hybridized carbons (Fsp3) is 1.00. The smallest absolute Gasteiger partial charge is 0.00989 e. The molecule has 1 unspecified atom stereocenters. The van der Waals surface area contributed by atoms with Crippen molar-refractivity contribution < 1.29 is 0 Å². The van der Waals surface area contributed by atoms with E-state index in [0.29, 0.717) is 11.5 Å². The first-order valence-electron chi connectivity index (χ1n) is 4.88. The molecule has 0 radical (unpaired) electrons. The number of hydrogen-bond acceptors (Lipinski definition) is 1. The Balaban J connectivity index is 3.83. The molecule has 0 aliphatic rings. The van der Waals surface area contributed by atoms with Crippen LogP contribution in [-0.4, -0.2) is 11.6 Å². The van der Waals surface area contributed by atoms with Crippen molar-refractivity contribution >= 4 is 0 Å². The molecular formula is C11H25N. The van der Waals surface area contributed by atoms with Gasteiger partial charge in [-0.2, -0.15) is 0 Å². The van der Waals surface area contributed by atoms with Crippen molar-refractivity contribution in [2.24, 2.45) is 5.41 Å². The molecule has 0 spiro atoms. The summed E-state index contributed by atoms with van der Waals surface area (Å²) in [6.07, 6.45) is 1.23. The largest absolute Gasteiger partial charge is 0.310 e. The summed E-state index contributed by atoms with van der Waals surface area (Å²) in [6, 6.07) is 0.602. The molecule has 1 N–H and O–H groups in total. The normalized spacial score (nSPS) is 16.2. The van der Waals surface area contributed by atoms with Crippen LogP contribution in [0.3, 0.4) is 0 Å². The van der Waals surface area contributed by atoms with Crippen LogP contribution in [0.15, 0.2) is 0 Å². The number of nitrogens with one attached hydrogen (secondary N) is 1. The van der Waals surface area contributed by atoms with Gasteiger partial charge in [-0.1, -0.05) is 20.8 Å². The topological polar surface area (TPSA) is 12.0 Å². The van der Waals surface area contributed by atoms with E-state index >= 15 is 0 Å². The Morgan fingerprint density at radius 3 is 1.67 bits per heavy atom. The molecule has 1 atom stereocenters. The monoisotopic (exact) mass is 171 g/mol. The highest BCUT2D eigenvalue weighted by atomic mass is 15.0. The molecule has 0 aromatic heterocycles. The fourth-order valence-corrected chi connectivity index (χ4v) is 1.71. The molecule has 0 heterocycles. The van der Waals surface area contributed by atoms with Crippen LogP contribution in [0.2, 0.25) is 0 Å². The van der Waals surface area contributed by atoms with Gasteiger partial charge in [-0.3, -0.25) is 0 Å². The molecule has 0 aromatic carbocycles. The van der Waals surface area contributed by atoms with Gasteiger partial charge in [0.25, 0.3) is 0 Å². The van der Waals surface area contributed by atoms with Crippen LogP contribution < -0.4 is 5.32 Å². The van der Waals surface area contributed by atoms with Crippen molar-refractivity contribution in [1.29, 1.82) is 0 Å². The van der Waals surface area contributed by atoms with E-state index < -0.39 is 0 Å². The van der Waals surface area contributed by atoms with Crippen LogP contribution in [0.25, 0.3) is 0 Å². The lowest BCUT2D eigenvalue weighted by Gasteiger charge is -2.30. The highest BCUT2D eigenvalue weighted by molar-refractivity contribution is 4.78. The minimum Gasteiger partial charge on any atom is -0.310 e. The van der Waals surface area contributed by atoms with Gasteiger partial charge >= 0.3 is 0 Å². The van der Waals surface area contributed by atoms with Gasteiger partial charge in [0.2, 0.25) is 0 Å². The first-order valence-corrected chi connectivity index (χ1v) is 4.88. The molecule has 0 rings (SSSR count). The van der Waals surface area contributed by atoms with Crippen LogP contribution in [0, 0.1) is 5.41 Å². The van der Waals surface area contributed by atoms with Gasteiger partial charge < -0.3 is 5.32 Å². The Morgan fingerprint density at radius 2 is 1.42 bits per heavy atom. The molecule has 0 saturated heterocycles. The number of hydrogen-bond donors (Lipinski definition) is 1. The molecule has 0 aliphatic heterocycles. The Morgan fingerprint density at radius 1 is 1.00 bits per heavy atom. The Bertz CT molecular complexity index is 109. The van der Waals surface area contributed by atoms with Gasteiger partial charge in [-0.25, -0.2) is 0 Å². The summed E-state index contributed by atoms with van der Waals surface area (Å²) in [7, 11) is 0. The van der Waals surface area contributed by atoms with E-state index in [0.717, 1.165) is 0 Å². The van der Waals surface area contributed by atoms with Crippen molar-refractivity contribution in [3.8, 4) is 0 Å². The zero-order chi connectivity index (χ0) is 9.99. The third kappa shape index (κ3) is 8.06. The second-order valence-electron chi connectivity index (χ2n) is 6.06. The molecule has 0 fully saturated rings. The van der Waals surface area contributed by atoms with Gasteiger partial charge in [0.1, 0.15) is 0 Å². The lowest BCUT2D eigenvalue weighted by molar-refractivity contribution is 0.277. The predicted molar refractivity (Wildman–Crippen MR) is 56.4 cm³/mol. The van der Waals surface area contributed by atoms with E-state index in [2.05, 4.69) is 53.8 Å². The Labute approximate surface area is 77.9 Å². The van der Waals surface area contributed by atoms with Gasteiger partial charge in [-0.15, -0.1) is 0 Å². The molecule has 0 amide bonds. The molecule has 0 bridgehead atoms. The van der Waals surface area contributed by atoms with Crippen LogP contribution in [0.4, 0.5) is 0 Å². The molecule has 1 nitrogen and oxygen atoms in total. The zero-order valence-corrected chi connectivity index (χ0v) is 9.78. The molecule has 74 valence electrons. The van der Waals surface area contributed by atoms with E-state index in [4.69, 9.17) is 0 Å². The Kier molecular flexibility index (Phi) is 3.77. The minimum absolute atomic E-state index is 0.241. The highest BCUT2D eigenvalue weighted by Crippen LogP contribution is 2.21. The number of rotatable bonds is 2. The quantitative estimate of drug-likeness (QED) is 0.673. The van der Waals surface area contributed by atoms with E-state index in [-0.39, 0.29) is 5.54 Å². The molecule has 0 aromatic rings. The van der Waals surface area contributed by atoms with Crippen molar-refractivity contribution in [2.75, 3.05) is 0 Å². The maximum Gasteiger partial charge on any atom is 0.00989 e. The maximum atomic E-state index is 3.58.